The lowest BCUT2D eigenvalue weighted by Crippen LogP contribution is -2.09. The molecular formula is C10H8N2OS. The number of hydrogen-bond acceptors (Lipinski definition) is 3. The average molecular weight is 204 g/mol. The van der Waals surface area contributed by atoms with E-state index in [2.05, 4.69) is 12.2 Å². The van der Waals surface area contributed by atoms with E-state index in [0.29, 0.717) is 5.56 Å². The SMILES string of the molecule is N#C/C(=C\c1ccccc1O)C(N)=S. The van der Waals surface area contributed by atoms with Crippen LogP contribution in [-0.2, 0) is 0 Å². The molecular weight excluding hydrogens is 196 g/mol. The monoisotopic (exact) mass is 204 g/mol. The summed E-state index contributed by atoms with van der Waals surface area (Å²) >= 11 is 4.66. The van der Waals surface area contributed by atoms with Crippen LogP contribution in [0.25, 0.3) is 6.08 Å². The summed E-state index contributed by atoms with van der Waals surface area (Å²) < 4.78 is 0. The van der Waals surface area contributed by atoms with Gasteiger partial charge in [-0.25, -0.2) is 0 Å². The van der Waals surface area contributed by atoms with Gasteiger partial charge in [-0.2, -0.15) is 5.26 Å². The molecule has 0 atom stereocenters. The van der Waals surface area contributed by atoms with Crippen molar-refractivity contribution in [2.75, 3.05) is 0 Å². The van der Waals surface area contributed by atoms with E-state index < -0.39 is 0 Å². The van der Waals surface area contributed by atoms with Crippen molar-refractivity contribution in [3.8, 4) is 11.8 Å². The summed E-state index contributed by atoms with van der Waals surface area (Å²) in [4.78, 5) is 0.0238. The summed E-state index contributed by atoms with van der Waals surface area (Å²) in [5, 5.41) is 18.1. The number of nitriles is 1. The molecule has 1 aromatic carbocycles. The molecule has 0 unspecified atom stereocenters. The van der Waals surface area contributed by atoms with Crippen molar-refractivity contribution in [3.05, 3.63) is 35.4 Å². The minimum absolute atomic E-state index is 0.0238. The molecule has 0 bridgehead atoms. The number of phenols is 1. The van der Waals surface area contributed by atoms with E-state index in [4.69, 9.17) is 11.0 Å². The Balaban J connectivity index is 3.15. The second-order valence-electron chi connectivity index (χ2n) is 2.59. The van der Waals surface area contributed by atoms with Crippen molar-refractivity contribution >= 4 is 23.3 Å². The van der Waals surface area contributed by atoms with Crippen LogP contribution in [0.4, 0.5) is 0 Å². The first-order chi connectivity index (χ1) is 6.65. The van der Waals surface area contributed by atoms with Gasteiger partial charge in [0.25, 0.3) is 0 Å². The Hall–Kier alpha value is -1.86. The predicted molar refractivity (Wildman–Crippen MR) is 58.5 cm³/mol. The van der Waals surface area contributed by atoms with Gasteiger partial charge in [0.05, 0.1) is 5.57 Å². The second kappa shape index (κ2) is 4.40. The van der Waals surface area contributed by atoms with E-state index in [-0.39, 0.29) is 16.3 Å². The molecule has 0 aliphatic rings. The maximum Gasteiger partial charge on any atom is 0.122 e. The smallest absolute Gasteiger partial charge is 0.122 e. The lowest BCUT2D eigenvalue weighted by Gasteiger charge is -1.98. The minimum atomic E-state index is 0.0238. The Bertz CT molecular complexity index is 432. The summed E-state index contributed by atoms with van der Waals surface area (Å²) in [6, 6.07) is 8.50. The zero-order valence-electron chi connectivity index (χ0n) is 7.27. The van der Waals surface area contributed by atoms with Crippen LogP contribution in [0.15, 0.2) is 29.8 Å². The molecule has 3 N–H and O–H groups in total. The van der Waals surface area contributed by atoms with Crippen molar-refractivity contribution in [2.45, 2.75) is 0 Å². The van der Waals surface area contributed by atoms with Crippen LogP contribution in [0.5, 0.6) is 5.75 Å². The lowest BCUT2D eigenvalue weighted by molar-refractivity contribution is 0.474. The van der Waals surface area contributed by atoms with Crippen molar-refractivity contribution < 1.29 is 5.11 Å². The first kappa shape index (κ1) is 10.2. The van der Waals surface area contributed by atoms with E-state index in [1.165, 1.54) is 12.1 Å². The minimum Gasteiger partial charge on any atom is -0.507 e. The van der Waals surface area contributed by atoms with E-state index in [9.17, 15) is 5.11 Å². The fourth-order valence-corrected chi connectivity index (χ4v) is 1.03. The Morgan fingerprint density at radius 2 is 2.14 bits per heavy atom. The van der Waals surface area contributed by atoms with Crippen LogP contribution in [0.1, 0.15) is 5.56 Å². The van der Waals surface area contributed by atoms with Crippen LogP contribution in [0.3, 0.4) is 0 Å². The van der Waals surface area contributed by atoms with Crippen molar-refractivity contribution in [1.82, 2.24) is 0 Å². The van der Waals surface area contributed by atoms with Crippen LogP contribution < -0.4 is 5.73 Å². The number of aromatic hydroxyl groups is 1. The molecule has 1 rings (SSSR count). The first-order valence-electron chi connectivity index (χ1n) is 3.84. The van der Waals surface area contributed by atoms with Gasteiger partial charge in [-0.3, -0.25) is 0 Å². The number of nitrogens with two attached hydrogens (primary N) is 1. The largest absolute Gasteiger partial charge is 0.507 e. The summed E-state index contributed by atoms with van der Waals surface area (Å²) in [7, 11) is 0. The fraction of sp³-hybridized carbons (Fsp3) is 0. The number of rotatable bonds is 2. The van der Waals surface area contributed by atoms with Crippen molar-refractivity contribution in [3.63, 3.8) is 0 Å². The third-order valence-electron chi connectivity index (χ3n) is 1.62. The molecule has 0 fully saturated rings. The standard InChI is InChI=1S/C10H8N2OS/c11-6-8(10(12)14)5-7-3-1-2-4-9(7)13/h1-5,13H,(H2,12,14)/b8-5+. The number of phenolic OH excluding ortho intramolecular Hbond substituents is 1. The molecule has 1 aromatic rings. The molecule has 0 spiro atoms. The predicted octanol–water partition coefficient (Wildman–Crippen LogP) is 1.59. The Morgan fingerprint density at radius 3 is 2.64 bits per heavy atom. The molecule has 14 heavy (non-hydrogen) atoms. The molecule has 0 aliphatic carbocycles. The number of para-hydroxylation sites is 1. The number of benzene rings is 1. The average Bonchev–Trinajstić information content (AvgIpc) is 2.16. The topological polar surface area (TPSA) is 70.0 Å². The third-order valence-corrected chi connectivity index (χ3v) is 1.84. The van der Waals surface area contributed by atoms with Gasteiger partial charge in [0, 0.05) is 5.56 Å². The molecule has 70 valence electrons. The Morgan fingerprint density at radius 1 is 1.50 bits per heavy atom. The molecule has 0 aliphatic heterocycles. The number of hydrogen-bond donors (Lipinski definition) is 2. The summed E-state index contributed by atoms with van der Waals surface area (Å²) in [6.07, 6.45) is 1.46. The molecule has 0 radical (unpaired) electrons. The van der Waals surface area contributed by atoms with Crippen LogP contribution >= 0.6 is 12.2 Å². The van der Waals surface area contributed by atoms with Crippen molar-refractivity contribution in [1.29, 1.82) is 5.26 Å². The van der Waals surface area contributed by atoms with Crippen molar-refractivity contribution in [2.24, 2.45) is 5.73 Å². The zero-order valence-corrected chi connectivity index (χ0v) is 8.08. The van der Waals surface area contributed by atoms with E-state index in [1.54, 1.807) is 18.2 Å². The highest BCUT2D eigenvalue weighted by atomic mass is 32.1. The van der Waals surface area contributed by atoms with Gasteiger partial charge in [0.15, 0.2) is 0 Å². The fourth-order valence-electron chi connectivity index (χ4n) is 0.924. The van der Waals surface area contributed by atoms with Gasteiger partial charge in [-0.1, -0.05) is 30.4 Å². The third kappa shape index (κ3) is 2.31. The normalized spacial score (nSPS) is 10.6. The summed E-state index contributed by atoms with van der Waals surface area (Å²) in [5.41, 5.74) is 6.01. The highest BCUT2D eigenvalue weighted by Crippen LogP contribution is 2.18. The quantitative estimate of drug-likeness (QED) is 0.436. The van der Waals surface area contributed by atoms with Gasteiger partial charge in [-0.15, -0.1) is 0 Å². The maximum atomic E-state index is 9.40. The van der Waals surface area contributed by atoms with Crippen LogP contribution in [-0.4, -0.2) is 10.1 Å². The second-order valence-corrected chi connectivity index (χ2v) is 3.03. The van der Waals surface area contributed by atoms with Gasteiger partial charge in [-0.05, 0) is 12.1 Å². The molecule has 0 aromatic heterocycles. The molecule has 0 saturated heterocycles. The van der Waals surface area contributed by atoms with Crippen LogP contribution in [0.2, 0.25) is 0 Å². The molecule has 0 amide bonds. The summed E-state index contributed by atoms with van der Waals surface area (Å²) in [6.45, 7) is 0. The maximum absolute atomic E-state index is 9.40. The molecule has 3 nitrogen and oxygen atoms in total. The van der Waals surface area contributed by atoms with E-state index >= 15 is 0 Å². The molecule has 0 saturated carbocycles. The lowest BCUT2D eigenvalue weighted by atomic mass is 10.1. The summed E-state index contributed by atoms with van der Waals surface area (Å²) in [5.74, 6) is 0.0940. The first-order valence-corrected chi connectivity index (χ1v) is 4.25. The zero-order chi connectivity index (χ0) is 10.6. The highest BCUT2D eigenvalue weighted by molar-refractivity contribution is 7.80. The number of nitrogens with zero attached hydrogens (tertiary/aromatic N) is 1. The van der Waals surface area contributed by atoms with Gasteiger partial charge >= 0.3 is 0 Å². The highest BCUT2D eigenvalue weighted by Gasteiger charge is 2.01. The molecule has 0 heterocycles. The van der Waals surface area contributed by atoms with Gasteiger partial charge in [0.2, 0.25) is 0 Å². The van der Waals surface area contributed by atoms with E-state index in [1.807, 2.05) is 6.07 Å². The molecule has 4 heteroatoms. The Labute approximate surface area is 87.1 Å². The van der Waals surface area contributed by atoms with E-state index in [0.717, 1.165) is 0 Å². The Kier molecular flexibility index (Phi) is 3.21. The van der Waals surface area contributed by atoms with Crippen LogP contribution in [0, 0.1) is 11.3 Å². The van der Waals surface area contributed by atoms with Gasteiger partial charge < -0.3 is 10.8 Å². The van der Waals surface area contributed by atoms with Gasteiger partial charge in [0.1, 0.15) is 16.8 Å². The number of thiocarbonyl (C=S) groups is 1.